The van der Waals surface area contributed by atoms with Crippen molar-refractivity contribution in [1.82, 2.24) is 0 Å². The summed E-state index contributed by atoms with van der Waals surface area (Å²) in [6.45, 7) is 3.18. The fraction of sp³-hybridized carbons (Fsp3) is 0.538. The van der Waals surface area contributed by atoms with Crippen molar-refractivity contribution in [2.24, 2.45) is 5.73 Å². The Morgan fingerprint density at radius 1 is 1.06 bits per heavy atom. The molecule has 96 valence electrons. The van der Waals surface area contributed by atoms with Crippen LogP contribution >= 0.6 is 0 Å². The molecule has 1 aromatic rings. The van der Waals surface area contributed by atoms with Crippen LogP contribution in [0.5, 0.6) is 0 Å². The number of aryl methyl sites for hydroxylation is 1. The molecule has 0 aromatic heterocycles. The highest BCUT2D eigenvalue weighted by atomic mass is 35.5. The second-order valence-corrected chi connectivity index (χ2v) is 4.61. The number of nitrogens with zero attached hydrogens (tertiary/aromatic N) is 1. The van der Waals surface area contributed by atoms with Crippen molar-refractivity contribution >= 4 is 5.69 Å². The topological polar surface area (TPSA) is 29.3 Å². The fourth-order valence-corrected chi connectivity index (χ4v) is 3.03. The molecule has 2 aliphatic heterocycles. The van der Waals surface area contributed by atoms with Crippen LogP contribution in [0.1, 0.15) is 29.5 Å². The summed E-state index contributed by atoms with van der Waals surface area (Å²) in [7, 11) is 0. The highest BCUT2D eigenvalue weighted by Gasteiger charge is 2.24. The molecule has 0 aliphatic carbocycles. The van der Waals surface area contributed by atoms with Gasteiger partial charge in [0.25, 0.3) is 0 Å². The minimum atomic E-state index is 0. The number of nitrogens with two attached hydrogens (primary N) is 1. The average molecular weight is 273 g/mol. The first kappa shape index (κ1) is 14.6. The molecule has 0 spiro atoms. The van der Waals surface area contributed by atoms with Crippen LogP contribution in [0.25, 0.3) is 0 Å². The maximum atomic E-state index is 5.81. The van der Waals surface area contributed by atoms with Crippen molar-refractivity contribution < 1.29 is 24.8 Å². The Labute approximate surface area is 115 Å². The Kier molecular flexibility index (Phi) is 5.11. The van der Waals surface area contributed by atoms with Crippen LogP contribution in [0.4, 0.5) is 5.69 Å². The van der Waals surface area contributed by atoms with E-state index in [0.717, 1.165) is 0 Å². The van der Waals surface area contributed by atoms with E-state index in [9.17, 15) is 0 Å². The van der Waals surface area contributed by atoms with Crippen molar-refractivity contribution in [3.05, 3.63) is 28.8 Å². The zero-order chi connectivity index (χ0) is 10.3. The molecule has 0 fully saturated rings. The number of rotatable bonds is 1. The van der Waals surface area contributed by atoms with Crippen molar-refractivity contribution in [2.45, 2.75) is 32.2 Å². The summed E-state index contributed by atoms with van der Waals surface area (Å²) in [5.41, 5.74) is 11.8. The van der Waals surface area contributed by atoms with Gasteiger partial charge in [0.2, 0.25) is 0 Å². The van der Waals surface area contributed by atoms with Crippen LogP contribution in [0.3, 0.4) is 0 Å². The maximum Gasteiger partial charge on any atom is 0.0434 e. The summed E-state index contributed by atoms with van der Waals surface area (Å²) in [5.74, 6) is 0. The largest absolute Gasteiger partial charge is 1.00 e. The molecule has 2 N–H and O–H groups in total. The van der Waals surface area contributed by atoms with Gasteiger partial charge in [-0.1, -0.05) is 12.1 Å². The summed E-state index contributed by atoms with van der Waals surface area (Å²) in [5, 5.41) is 0. The Balaban J connectivity index is 0.000000722. The van der Waals surface area contributed by atoms with Crippen LogP contribution in [0.15, 0.2) is 12.1 Å². The van der Waals surface area contributed by atoms with Gasteiger partial charge in [-0.15, -0.1) is 0 Å². The second-order valence-electron chi connectivity index (χ2n) is 4.61. The van der Waals surface area contributed by atoms with E-state index in [-0.39, 0.29) is 24.8 Å². The summed E-state index contributed by atoms with van der Waals surface area (Å²) in [6, 6.07) is 4.53. The predicted molar refractivity (Wildman–Crippen MR) is 63.2 cm³/mol. The highest BCUT2D eigenvalue weighted by molar-refractivity contribution is 5.65. The van der Waals surface area contributed by atoms with E-state index in [1.165, 1.54) is 50.0 Å². The summed E-state index contributed by atoms with van der Waals surface area (Å²) < 4.78 is 0. The van der Waals surface area contributed by atoms with Crippen molar-refractivity contribution in [3.63, 3.8) is 0 Å². The summed E-state index contributed by atoms with van der Waals surface area (Å²) in [6.07, 6.45) is 5.09. The lowest BCUT2D eigenvalue weighted by Gasteiger charge is -2.37. The molecule has 0 amide bonds. The van der Waals surface area contributed by atoms with Crippen LogP contribution in [0.2, 0.25) is 0 Å². The molecule has 17 heavy (non-hydrogen) atoms. The molecule has 0 unspecified atom stereocenters. The van der Waals surface area contributed by atoms with Crippen LogP contribution < -0.4 is 35.4 Å². The molecular weight excluding hydrogens is 255 g/mol. The lowest BCUT2D eigenvalue weighted by atomic mass is 9.89. The molecule has 3 rings (SSSR count). The monoisotopic (exact) mass is 272 g/mol. The third kappa shape index (κ3) is 2.40. The van der Waals surface area contributed by atoms with E-state index in [0.29, 0.717) is 6.54 Å². The predicted octanol–water partition coefficient (Wildman–Crippen LogP) is -4.15. The van der Waals surface area contributed by atoms with Gasteiger partial charge in [0.15, 0.2) is 0 Å². The van der Waals surface area contributed by atoms with Crippen LogP contribution in [-0.4, -0.2) is 13.1 Å². The van der Waals surface area contributed by atoms with Gasteiger partial charge in [-0.25, -0.2) is 0 Å². The molecule has 1 aromatic carbocycles. The molecular formula is C13H18Cl2N2-2. The number of benzene rings is 1. The molecule has 2 aliphatic rings. The van der Waals surface area contributed by atoms with Crippen LogP contribution in [-0.2, 0) is 19.4 Å². The Hall–Kier alpha value is -0.440. The first-order chi connectivity index (χ1) is 7.40. The van der Waals surface area contributed by atoms with Gasteiger partial charge in [-0.05, 0) is 42.4 Å². The molecule has 4 heteroatoms. The second kappa shape index (κ2) is 5.94. The molecule has 2 nitrogen and oxygen atoms in total. The number of halogens is 2. The minimum absolute atomic E-state index is 0. The maximum absolute atomic E-state index is 5.81. The number of anilines is 1. The van der Waals surface area contributed by atoms with Crippen molar-refractivity contribution in [3.8, 4) is 0 Å². The molecule has 0 radical (unpaired) electrons. The quantitative estimate of drug-likeness (QED) is 0.563. The Morgan fingerprint density at radius 3 is 2.47 bits per heavy atom. The van der Waals surface area contributed by atoms with Gasteiger partial charge in [0.1, 0.15) is 0 Å². The van der Waals surface area contributed by atoms with E-state index in [4.69, 9.17) is 5.73 Å². The smallest absolute Gasteiger partial charge is 0.0434 e. The lowest BCUT2D eigenvalue weighted by molar-refractivity contribution is -0.00100. The van der Waals surface area contributed by atoms with E-state index in [2.05, 4.69) is 17.0 Å². The Morgan fingerprint density at radius 2 is 1.76 bits per heavy atom. The molecule has 0 atom stereocenters. The first-order valence-corrected chi connectivity index (χ1v) is 5.99. The normalized spacial score (nSPS) is 16.6. The van der Waals surface area contributed by atoms with Gasteiger partial charge in [0, 0.05) is 25.3 Å². The van der Waals surface area contributed by atoms with E-state index < -0.39 is 0 Å². The van der Waals surface area contributed by atoms with Gasteiger partial charge >= 0.3 is 0 Å². The molecule has 0 bridgehead atoms. The number of hydrogen-bond donors (Lipinski definition) is 1. The average Bonchev–Trinajstić information content (AvgIpc) is 2.30. The number of hydrogen-bond acceptors (Lipinski definition) is 2. The van der Waals surface area contributed by atoms with E-state index >= 15 is 0 Å². The van der Waals surface area contributed by atoms with Crippen molar-refractivity contribution in [2.75, 3.05) is 18.0 Å². The molecule has 0 saturated heterocycles. The zero-order valence-corrected chi connectivity index (χ0v) is 11.4. The summed E-state index contributed by atoms with van der Waals surface area (Å²) >= 11 is 0. The van der Waals surface area contributed by atoms with Crippen LogP contribution in [0, 0.1) is 0 Å². The molecule has 0 saturated carbocycles. The van der Waals surface area contributed by atoms with Gasteiger partial charge < -0.3 is 35.4 Å². The van der Waals surface area contributed by atoms with Crippen molar-refractivity contribution in [1.29, 1.82) is 0 Å². The standard InChI is InChI=1S/C13H18N2.2ClH/c14-9-11-6-5-10-3-1-7-15-8-2-4-12(11)13(10)15;;/h5-6H,1-4,7-9,14H2;2*1H/p-2. The first-order valence-electron chi connectivity index (χ1n) is 5.99. The fourth-order valence-electron chi connectivity index (χ4n) is 3.03. The van der Waals surface area contributed by atoms with E-state index in [1.54, 1.807) is 11.1 Å². The van der Waals surface area contributed by atoms with Gasteiger partial charge in [-0.3, -0.25) is 0 Å². The zero-order valence-electron chi connectivity index (χ0n) is 9.88. The SMILES string of the molecule is NCc1ccc2c3c1CCCN3CCC2.[Cl-].[Cl-]. The third-order valence-electron chi connectivity index (χ3n) is 3.73. The third-order valence-corrected chi connectivity index (χ3v) is 3.73. The molecule has 2 heterocycles. The van der Waals surface area contributed by atoms with Gasteiger partial charge in [-0.2, -0.15) is 0 Å². The Bertz CT molecular complexity index is 391. The van der Waals surface area contributed by atoms with E-state index in [1.807, 2.05) is 0 Å². The highest BCUT2D eigenvalue weighted by Crippen LogP contribution is 2.36. The lowest BCUT2D eigenvalue weighted by Crippen LogP contribution is -3.00. The van der Waals surface area contributed by atoms with Gasteiger partial charge in [0.05, 0.1) is 0 Å². The minimum Gasteiger partial charge on any atom is -1.00 e. The summed E-state index contributed by atoms with van der Waals surface area (Å²) in [4.78, 5) is 2.57.